The van der Waals surface area contributed by atoms with Gasteiger partial charge in [0.2, 0.25) is 0 Å². The van der Waals surface area contributed by atoms with Crippen LogP contribution in [0.3, 0.4) is 0 Å². The first-order valence-corrected chi connectivity index (χ1v) is 8.61. The molecule has 142 valence electrons. The number of pyridine rings is 1. The highest BCUT2D eigenvalue weighted by molar-refractivity contribution is 14.0. The third kappa shape index (κ3) is 6.47. The normalized spacial score (nSPS) is 11.0. The molecule has 1 aromatic carbocycles. The van der Waals surface area contributed by atoms with Crippen LogP contribution in [0.1, 0.15) is 11.1 Å². The summed E-state index contributed by atoms with van der Waals surface area (Å²) in [7, 11) is 1.76. The lowest BCUT2D eigenvalue weighted by Crippen LogP contribution is -2.37. The number of hydrogen-bond acceptors (Lipinski definition) is 4. The lowest BCUT2D eigenvalue weighted by molar-refractivity contribution is 0.792. The summed E-state index contributed by atoms with van der Waals surface area (Å²) < 4.78 is 1.73. The van der Waals surface area contributed by atoms with Crippen LogP contribution in [-0.2, 0) is 13.0 Å². The van der Waals surface area contributed by atoms with E-state index in [0.717, 1.165) is 35.7 Å². The smallest absolute Gasteiger partial charge is 0.191 e. The van der Waals surface area contributed by atoms with Gasteiger partial charge in [0, 0.05) is 26.3 Å². The zero-order valence-corrected chi connectivity index (χ0v) is 17.9. The third-order valence-electron chi connectivity index (χ3n) is 3.80. The number of halogens is 2. The number of aromatic nitrogens is 4. The highest BCUT2D eigenvalue weighted by atomic mass is 127. The first-order chi connectivity index (χ1) is 12.7. The lowest BCUT2D eigenvalue weighted by atomic mass is 10.2. The van der Waals surface area contributed by atoms with Gasteiger partial charge in [0.05, 0.1) is 5.69 Å². The Morgan fingerprint density at radius 1 is 1.11 bits per heavy atom. The molecule has 2 N–H and O–H groups in total. The molecule has 3 rings (SSSR count). The first-order valence-electron chi connectivity index (χ1n) is 8.23. The molecule has 0 saturated heterocycles. The number of benzene rings is 1. The van der Waals surface area contributed by atoms with E-state index in [1.54, 1.807) is 30.3 Å². The molecular formula is C18H21ClIN7. The van der Waals surface area contributed by atoms with Crippen LogP contribution in [-0.4, -0.2) is 39.3 Å². The second-order valence-corrected chi connectivity index (χ2v) is 5.99. The SMILES string of the molecule is CN=C(NCCc1ccc(Cl)nc1)NCc1ccc(-n2cncn2)cc1.I. The summed E-state index contributed by atoms with van der Waals surface area (Å²) in [4.78, 5) is 12.3. The Hall–Kier alpha value is -2.20. The monoisotopic (exact) mass is 497 g/mol. The van der Waals surface area contributed by atoms with Gasteiger partial charge in [-0.2, -0.15) is 5.10 Å². The van der Waals surface area contributed by atoms with Crippen LogP contribution >= 0.6 is 35.6 Å². The van der Waals surface area contributed by atoms with E-state index >= 15 is 0 Å². The number of rotatable bonds is 6. The predicted molar refractivity (Wildman–Crippen MR) is 118 cm³/mol. The molecule has 0 spiro atoms. The molecule has 0 bridgehead atoms. The van der Waals surface area contributed by atoms with Crippen molar-refractivity contribution < 1.29 is 0 Å². The van der Waals surface area contributed by atoms with Crippen molar-refractivity contribution >= 4 is 41.5 Å². The molecule has 0 aliphatic rings. The van der Waals surface area contributed by atoms with Crippen molar-refractivity contribution in [3.8, 4) is 5.69 Å². The molecule has 27 heavy (non-hydrogen) atoms. The van der Waals surface area contributed by atoms with Gasteiger partial charge in [0.1, 0.15) is 17.8 Å². The second kappa shape index (κ2) is 10.8. The van der Waals surface area contributed by atoms with Gasteiger partial charge in [-0.3, -0.25) is 4.99 Å². The Morgan fingerprint density at radius 2 is 1.89 bits per heavy atom. The Bertz CT molecular complexity index is 833. The molecule has 0 fully saturated rings. The average Bonchev–Trinajstić information content (AvgIpc) is 3.21. The molecule has 7 nitrogen and oxygen atoms in total. The van der Waals surface area contributed by atoms with E-state index in [4.69, 9.17) is 11.6 Å². The third-order valence-corrected chi connectivity index (χ3v) is 4.02. The van der Waals surface area contributed by atoms with Crippen molar-refractivity contribution in [2.45, 2.75) is 13.0 Å². The Labute approximate surface area is 180 Å². The molecule has 0 unspecified atom stereocenters. The molecule has 0 aliphatic carbocycles. The highest BCUT2D eigenvalue weighted by Gasteiger charge is 2.01. The van der Waals surface area contributed by atoms with Crippen LogP contribution in [0.25, 0.3) is 5.69 Å². The van der Waals surface area contributed by atoms with Crippen molar-refractivity contribution in [1.82, 2.24) is 30.4 Å². The largest absolute Gasteiger partial charge is 0.356 e. The summed E-state index contributed by atoms with van der Waals surface area (Å²) in [5, 5.41) is 11.2. The van der Waals surface area contributed by atoms with Crippen LogP contribution < -0.4 is 10.6 Å². The van der Waals surface area contributed by atoms with E-state index in [9.17, 15) is 0 Å². The van der Waals surface area contributed by atoms with Gasteiger partial charge in [-0.1, -0.05) is 29.8 Å². The Balaban J connectivity index is 0.00000261. The van der Waals surface area contributed by atoms with Crippen molar-refractivity contribution in [1.29, 1.82) is 0 Å². The summed E-state index contributed by atoms with van der Waals surface area (Å²) >= 11 is 5.79. The van der Waals surface area contributed by atoms with Gasteiger partial charge >= 0.3 is 0 Å². The number of guanidine groups is 1. The fraction of sp³-hybridized carbons (Fsp3) is 0.222. The maximum atomic E-state index is 5.79. The Morgan fingerprint density at radius 3 is 2.52 bits per heavy atom. The van der Waals surface area contributed by atoms with E-state index < -0.39 is 0 Å². The average molecular weight is 498 g/mol. The molecule has 0 atom stereocenters. The van der Waals surface area contributed by atoms with Crippen molar-refractivity contribution in [3.05, 3.63) is 71.5 Å². The second-order valence-electron chi connectivity index (χ2n) is 5.60. The number of nitrogens with zero attached hydrogens (tertiary/aromatic N) is 5. The van der Waals surface area contributed by atoms with Crippen LogP contribution in [0.15, 0.2) is 60.2 Å². The van der Waals surface area contributed by atoms with E-state index in [-0.39, 0.29) is 24.0 Å². The molecule has 2 aromatic heterocycles. The van der Waals surface area contributed by atoms with Gasteiger partial charge in [0.15, 0.2) is 5.96 Å². The minimum absolute atomic E-state index is 0. The molecule has 0 radical (unpaired) electrons. The minimum atomic E-state index is 0. The number of hydrogen-bond donors (Lipinski definition) is 2. The van der Waals surface area contributed by atoms with E-state index in [1.807, 2.05) is 18.2 Å². The van der Waals surface area contributed by atoms with E-state index in [0.29, 0.717) is 11.7 Å². The number of aliphatic imine (C=N–C) groups is 1. The lowest BCUT2D eigenvalue weighted by Gasteiger charge is -2.12. The molecule has 2 heterocycles. The van der Waals surface area contributed by atoms with Gasteiger partial charge < -0.3 is 10.6 Å². The van der Waals surface area contributed by atoms with Gasteiger partial charge in [-0.05, 0) is 35.7 Å². The maximum Gasteiger partial charge on any atom is 0.191 e. The standard InChI is InChI=1S/C18H20ClN7.HI/c1-20-18(22-9-8-15-4-7-17(19)23-10-15)24-11-14-2-5-16(6-3-14)26-13-21-12-25-26;/h2-7,10,12-13H,8-9,11H2,1H3,(H2,20,22,24);1H. The molecule has 0 aliphatic heterocycles. The molecule has 0 amide bonds. The number of nitrogens with one attached hydrogen (secondary N) is 2. The van der Waals surface area contributed by atoms with Gasteiger partial charge in [-0.25, -0.2) is 14.6 Å². The van der Waals surface area contributed by atoms with Crippen LogP contribution in [0.4, 0.5) is 0 Å². The summed E-state index contributed by atoms with van der Waals surface area (Å²) in [6, 6.07) is 11.9. The fourth-order valence-corrected chi connectivity index (χ4v) is 2.51. The zero-order chi connectivity index (χ0) is 18.2. The predicted octanol–water partition coefficient (Wildman–Crippen LogP) is 2.84. The van der Waals surface area contributed by atoms with Crippen LogP contribution in [0.2, 0.25) is 5.15 Å². The first kappa shape index (κ1) is 21.1. The summed E-state index contributed by atoms with van der Waals surface area (Å²) in [5.41, 5.74) is 3.25. The summed E-state index contributed by atoms with van der Waals surface area (Å²) in [6.45, 7) is 1.44. The van der Waals surface area contributed by atoms with Gasteiger partial charge in [-0.15, -0.1) is 24.0 Å². The quantitative estimate of drug-likeness (QED) is 0.237. The molecule has 0 saturated carbocycles. The van der Waals surface area contributed by atoms with Crippen LogP contribution in [0, 0.1) is 0 Å². The fourth-order valence-electron chi connectivity index (χ4n) is 2.39. The summed E-state index contributed by atoms with van der Waals surface area (Å²) in [6.07, 6.45) is 5.83. The minimum Gasteiger partial charge on any atom is -0.356 e. The topological polar surface area (TPSA) is 80.0 Å². The highest BCUT2D eigenvalue weighted by Crippen LogP contribution is 2.08. The molecule has 9 heteroatoms. The summed E-state index contributed by atoms with van der Waals surface area (Å²) in [5.74, 6) is 0.757. The van der Waals surface area contributed by atoms with E-state index in [1.165, 1.54) is 6.33 Å². The van der Waals surface area contributed by atoms with Crippen molar-refractivity contribution in [2.24, 2.45) is 4.99 Å². The van der Waals surface area contributed by atoms with Crippen LogP contribution in [0.5, 0.6) is 0 Å². The molecular weight excluding hydrogens is 477 g/mol. The Kier molecular flexibility index (Phi) is 8.46. The van der Waals surface area contributed by atoms with Crippen molar-refractivity contribution in [2.75, 3.05) is 13.6 Å². The maximum absolute atomic E-state index is 5.79. The van der Waals surface area contributed by atoms with E-state index in [2.05, 4.69) is 42.8 Å². The zero-order valence-electron chi connectivity index (χ0n) is 14.8. The van der Waals surface area contributed by atoms with Crippen molar-refractivity contribution in [3.63, 3.8) is 0 Å². The molecule has 3 aromatic rings. The van der Waals surface area contributed by atoms with Gasteiger partial charge in [0.25, 0.3) is 0 Å².